The van der Waals surface area contributed by atoms with Crippen molar-refractivity contribution in [2.45, 2.75) is 56.2 Å². The van der Waals surface area contributed by atoms with Gasteiger partial charge in [-0.3, -0.25) is 19.3 Å². The Morgan fingerprint density at radius 1 is 1.19 bits per heavy atom. The Labute approximate surface area is 187 Å². The summed E-state index contributed by atoms with van der Waals surface area (Å²) < 4.78 is 6.03. The summed E-state index contributed by atoms with van der Waals surface area (Å²) in [6.45, 7) is 5.31. The van der Waals surface area contributed by atoms with E-state index >= 15 is 0 Å². The first-order valence-electron chi connectivity index (χ1n) is 10.7. The molecule has 3 atom stereocenters. The van der Waals surface area contributed by atoms with Gasteiger partial charge in [-0.1, -0.05) is 12.1 Å². The van der Waals surface area contributed by atoms with Crippen LogP contribution < -0.4 is 10.6 Å². The third-order valence-corrected chi connectivity index (χ3v) is 6.59. The summed E-state index contributed by atoms with van der Waals surface area (Å²) in [5, 5.41) is 13.4. The van der Waals surface area contributed by atoms with E-state index < -0.39 is 5.97 Å². The predicted octanol–water partition coefficient (Wildman–Crippen LogP) is 2.20. The standard InChI is InChI=1S/C20H27N3O3S.C2H4O2/c1-13(24)21-17-4-2-3-5-19(17)27-12-20(25)22-15-8-16-11-26-18(14-6-7-14)10-23(16)9-15;1-2(3)4/h2-5,14-16,18H,6-12H2,1H3,(H,21,24)(H,22,25);1H3,(H,3,4)/t15-,16+,18-;/m1./s1. The highest BCUT2D eigenvalue weighted by atomic mass is 32.2. The molecule has 170 valence electrons. The fourth-order valence-corrected chi connectivity index (χ4v) is 4.87. The van der Waals surface area contributed by atoms with Gasteiger partial charge >= 0.3 is 0 Å². The molecule has 1 aromatic carbocycles. The molecule has 2 amide bonds. The maximum Gasteiger partial charge on any atom is 0.300 e. The van der Waals surface area contributed by atoms with Crippen LogP contribution in [0.3, 0.4) is 0 Å². The van der Waals surface area contributed by atoms with E-state index in [4.69, 9.17) is 14.6 Å². The van der Waals surface area contributed by atoms with Gasteiger partial charge in [0.1, 0.15) is 0 Å². The van der Waals surface area contributed by atoms with Crippen LogP contribution in [0.15, 0.2) is 29.2 Å². The third kappa shape index (κ3) is 7.52. The number of benzene rings is 1. The minimum absolute atomic E-state index is 0.0436. The largest absolute Gasteiger partial charge is 0.481 e. The number of para-hydroxylation sites is 1. The highest BCUT2D eigenvalue weighted by Gasteiger charge is 2.42. The van der Waals surface area contributed by atoms with Crippen LogP contribution in [0.1, 0.15) is 33.1 Å². The molecule has 1 aromatic rings. The lowest BCUT2D eigenvalue weighted by atomic mass is 10.1. The Morgan fingerprint density at radius 3 is 2.58 bits per heavy atom. The molecule has 3 N–H and O–H groups in total. The van der Waals surface area contributed by atoms with E-state index in [0.29, 0.717) is 17.9 Å². The maximum absolute atomic E-state index is 12.4. The van der Waals surface area contributed by atoms with Gasteiger partial charge in [0.15, 0.2) is 0 Å². The molecule has 2 heterocycles. The lowest BCUT2D eigenvalue weighted by Gasteiger charge is -2.35. The molecular weight excluding hydrogens is 418 g/mol. The van der Waals surface area contributed by atoms with Crippen molar-refractivity contribution in [1.82, 2.24) is 10.2 Å². The Hall–Kier alpha value is -2.10. The maximum atomic E-state index is 12.4. The zero-order valence-corrected chi connectivity index (χ0v) is 18.8. The highest BCUT2D eigenvalue weighted by Crippen LogP contribution is 2.38. The van der Waals surface area contributed by atoms with Crippen molar-refractivity contribution in [2.24, 2.45) is 5.92 Å². The predicted molar refractivity (Wildman–Crippen MR) is 119 cm³/mol. The van der Waals surface area contributed by atoms with Crippen molar-refractivity contribution in [3.8, 4) is 0 Å². The lowest BCUT2D eigenvalue weighted by molar-refractivity contribution is -0.134. The van der Waals surface area contributed by atoms with Crippen molar-refractivity contribution in [3.05, 3.63) is 24.3 Å². The molecule has 2 aliphatic heterocycles. The number of hydrogen-bond donors (Lipinski definition) is 3. The number of fused-ring (bicyclic) bond motifs is 1. The van der Waals surface area contributed by atoms with Crippen LogP contribution >= 0.6 is 11.8 Å². The molecule has 0 aromatic heterocycles. The SMILES string of the molecule is CC(=O)Nc1ccccc1SCC(=O)N[C@@H]1C[C@H]2CO[C@@H](C3CC3)CN2C1.CC(=O)O. The second kappa shape index (κ2) is 11.0. The summed E-state index contributed by atoms with van der Waals surface area (Å²) in [6.07, 6.45) is 3.98. The van der Waals surface area contributed by atoms with E-state index in [2.05, 4.69) is 15.5 Å². The molecule has 31 heavy (non-hydrogen) atoms. The second-order valence-corrected chi connectivity index (χ2v) is 9.32. The van der Waals surface area contributed by atoms with Gasteiger partial charge in [0.2, 0.25) is 11.8 Å². The zero-order valence-electron chi connectivity index (χ0n) is 18.0. The van der Waals surface area contributed by atoms with Crippen molar-refractivity contribution < 1.29 is 24.2 Å². The molecule has 4 rings (SSSR count). The fraction of sp³-hybridized carbons (Fsp3) is 0.591. The van der Waals surface area contributed by atoms with Crippen LogP contribution in [0.5, 0.6) is 0 Å². The minimum atomic E-state index is -0.833. The Balaban J connectivity index is 0.000000628. The summed E-state index contributed by atoms with van der Waals surface area (Å²) in [5.74, 6) is 0.211. The van der Waals surface area contributed by atoms with E-state index in [1.165, 1.54) is 31.5 Å². The van der Waals surface area contributed by atoms with Crippen LogP contribution in [0.25, 0.3) is 0 Å². The molecule has 2 saturated heterocycles. The number of thioether (sulfide) groups is 1. The summed E-state index contributed by atoms with van der Waals surface area (Å²) in [4.78, 5) is 36.1. The van der Waals surface area contributed by atoms with Crippen LogP contribution in [0.2, 0.25) is 0 Å². The number of nitrogens with zero attached hydrogens (tertiary/aromatic N) is 1. The number of hydrogen-bond acceptors (Lipinski definition) is 6. The van der Waals surface area contributed by atoms with Gasteiger partial charge in [-0.2, -0.15) is 0 Å². The first kappa shape index (κ1) is 23.6. The van der Waals surface area contributed by atoms with E-state index in [1.807, 2.05) is 24.3 Å². The molecule has 3 fully saturated rings. The van der Waals surface area contributed by atoms with Crippen molar-refractivity contribution in [2.75, 3.05) is 30.8 Å². The van der Waals surface area contributed by atoms with Gasteiger partial charge in [0.05, 0.1) is 24.2 Å². The lowest BCUT2D eigenvalue weighted by Crippen LogP contribution is -2.47. The van der Waals surface area contributed by atoms with Gasteiger partial charge < -0.3 is 20.5 Å². The monoisotopic (exact) mass is 449 g/mol. The molecule has 1 saturated carbocycles. The number of carbonyl (C=O) groups is 3. The minimum Gasteiger partial charge on any atom is -0.481 e. The van der Waals surface area contributed by atoms with Gasteiger partial charge in [-0.25, -0.2) is 0 Å². The number of aliphatic carboxylic acids is 1. The second-order valence-electron chi connectivity index (χ2n) is 8.30. The van der Waals surface area contributed by atoms with Crippen LogP contribution in [0.4, 0.5) is 5.69 Å². The van der Waals surface area contributed by atoms with E-state index in [-0.39, 0.29) is 17.9 Å². The first-order chi connectivity index (χ1) is 14.8. The summed E-state index contributed by atoms with van der Waals surface area (Å²) in [6, 6.07) is 8.22. The zero-order chi connectivity index (χ0) is 22.4. The number of carbonyl (C=O) groups excluding carboxylic acids is 2. The number of rotatable bonds is 6. The number of nitrogens with one attached hydrogen (secondary N) is 2. The summed E-state index contributed by atoms with van der Waals surface area (Å²) in [5.41, 5.74) is 0.754. The summed E-state index contributed by atoms with van der Waals surface area (Å²) >= 11 is 1.45. The molecule has 9 heteroatoms. The molecule has 0 bridgehead atoms. The number of anilines is 1. The van der Waals surface area contributed by atoms with Crippen LogP contribution in [-0.4, -0.2) is 71.4 Å². The molecule has 3 aliphatic rings. The van der Waals surface area contributed by atoms with Gasteiger partial charge in [-0.15, -0.1) is 11.8 Å². The molecule has 8 nitrogen and oxygen atoms in total. The average Bonchev–Trinajstić information content (AvgIpc) is 3.46. The summed E-state index contributed by atoms with van der Waals surface area (Å²) in [7, 11) is 0. The topological polar surface area (TPSA) is 108 Å². The van der Waals surface area contributed by atoms with E-state index in [9.17, 15) is 9.59 Å². The molecule has 0 unspecified atom stereocenters. The smallest absolute Gasteiger partial charge is 0.300 e. The van der Waals surface area contributed by atoms with E-state index in [0.717, 1.165) is 49.5 Å². The quantitative estimate of drug-likeness (QED) is 0.572. The highest BCUT2D eigenvalue weighted by molar-refractivity contribution is 8.00. The Bertz CT molecular complexity index is 797. The van der Waals surface area contributed by atoms with Gasteiger partial charge in [0.25, 0.3) is 5.97 Å². The molecule has 0 radical (unpaired) electrons. The number of amides is 2. The van der Waals surface area contributed by atoms with Crippen LogP contribution in [-0.2, 0) is 19.1 Å². The number of morpholine rings is 1. The van der Waals surface area contributed by atoms with Crippen molar-refractivity contribution in [1.29, 1.82) is 0 Å². The normalized spacial score (nSPS) is 25.0. The molecule has 1 aliphatic carbocycles. The Kier molecular flexibility index (Phi) is 8.34. The van der Waals surface area contributed by atoms with E-state index in [1.54, 1.807) is 0 Å². The number of carboxylic acids is 1. The number of carboxylic acid groups (broad SMARTS) is 1. The number of ether oxygens (including phenoxy) is 1. The van der Waals surface area contributed by atoms with Crippen LogP contribution in [0, 0.1) is 5.92 Å². The third-order valence-electron chi connectivity index (χ3n) is 5.51. The van der Waals surface area contributed by atoms with Crippen molar-refractivity contribution in [3.63, 3.8) is 0 Å². The first-order valence-corrected chi connectivity index (χ1v) is 11.6. The molecular formula is C22H31N3O5S. The van der Waals surface area contributed by atoms with Gasteiger partial charge in [0, 0.05) is 43.9 Å². The average molecular weight is 450 g/mol. The Morgan fingerprint density at radius 2 is 1.90 bits per heavy atom. The van der Waals surface area contributed by atoms with Crippen molar-refractivity contribution >= 4 is 35.2 Å². The molecule has 0 spiro atoms. The fourth-order valence-electron chi connectivity index (χ4n) is 4.06. The van der Waals surface area contributed by atoms with Gasteiger partial charge in [-0.05, 0) is 37.3 Å².